The Hall–Kier alpha value is -2.49. The molecule has 0 radical (unpaired) electrons. The van der Waals surface area contributed by atoms with E-state index in [1.165, 1.54) is 5.56 Å². The summed E-state index contributed by atoms with van der Waals surface area (Å²) in [7, 11) is 1.65. The monoisotopic (exact) mass is 296 g/mol. The lowest BCUT2D eigenvalue weighted by Crippen LogP contribution is -2.19. The Kier molecular flexibility index (Phi) is 4.28. The van der Waals surface area contributed by atoms with Gasteiger partial charge in [-0.2, -0.15) is 0 Å². The molecule has 0 fully saturated rings. The Morgan fingerprint density at radius 1 is 1.09 bits per heavy atom. The maximum absolute atomic E-state index is 5.89. The zero-order chi connectivity index (χ0) is 15.4. The van der Waals surface area contributed by atoms with Crippen molar-refractivity contribution in [3.63, 3.8) is 0 Å². The van der Waals surface area contributed by atoms with Gasteiger partial charge >= 0.3 is 0 Å². The molecule has 114 valence electrons. The SMILES string of the molecule is COc1cc(C2=NCCN2)ccc1OCc1ccc(C)cc1. The van der Waals surface area contributed by atoms with Crippen LogP contribution < -0.4 is 14.8 Å². The highest BCUT2D eigenvalue weighted by Crippen LogP contribution is 2.29. The first-order chi connectivity index (χ1) is 10.8. The summed E-state index contributed by atoms with van der Waals surface area (Å²) >= 11 is 0. The number of nitrogens with zero attached hydrogens (tertiary/aromatic N) is 1. The van der Waals surface area contributed by atoms with E-state index in [1.807, 2.05) is 18.2 Å². The summed E-state index contributed by atoms with van der Waals surface area (Å²) in [5.74, 6) is 2.38. The van der Waals surface area contributed by atoms with E-state index in [-0.39, 0.29) is 0 Å². The number of hydrogen-bond acceptors (Lipinski definition) is 4. The van der Waals surface area contributed by atoms with Gasteiger partial charge in [-0.3, -0.25) is 4.99 Å². The third kappa shape index (κ3) is 3.22. The van der Waals surface area contributed by atoms with Gasteiger partial charge in [0.1, 0.15) is 12.4 Å². The highest BCUT2D eigenvalue weighted by Gasteiger charge is 2.12. The number of benzene rings is 2. The van der Waals surface area contributed by atoms with Gasteiger partial charge in [0.15, 0.2) is 11.5 Å². The molecule has 1 aliphatic heterocycles. The van der Waals surface area contributed by atoms with E-state index in [4.69, 9.17) is 9.47 Å². The number of amidine groups is 1. The van der Waals surface area contributed by atoms with E-state index >= 15 is 0 Å². The Morgan fingerprint density at radius 2 is 1.91 bits per heavy atom. The van der Waals surface area contributed by atoms with Crippen molar-refractivity contribution in [2.24, 2.45) is 4.99 Å². The molecule has 4 heteroatoms. The minimum absolute atomic E-state index is 0.523. The van der Waals surface area contributed by atoms with Crippen molar-refractivity contribution in [2.45, 2.75) is 13.5 Å². The maximum Gasteiger partial charge on any atom is 0.161 e. The van der Waals surface area contributed by atoms with Crippen LogP contribution in [0.5, 0.6) is 11.5 Å². The van der Waals surface area contributed by atoms with Gasteiger partial charge in [-0.05, 0) is 30.7 Å². The van der Waals surface area contributed by atoms with Gasteiger partial charge in [0.25, 0.3) is 0 Å². The first kappa shape index (κ1) is 14.4. The van der Waals surface area contributed by atoms with E-state index in [1.54, 1.807) is 7.11 Å². The molecule has 0 unspecified atom stereocenters. The molecule has 4 nitrogen and oxygen atoms in total. The van der Waals surface area contributed by atoms with Gasteiger partial charge in [0.05, 0.1) is 13.7 Å². The lowest BCUT2D eigenvalue weighted by atomic mass is 10.1. The van der Waals surface area contributed by atoms with E-state index in [0.29, 0.717) is 6.61 Å². The predicted molar refractivity (Wildman–Crippen MR) is 87.9 cm³/mol. The van der Waals surface area contributed by atoms with Crippen LogP contribution in [-0.4, -0.2) is 26.0 Å². The van der Waals surface area contributed by atoms with Crippen LogP contribution in [0.15, 0.2) is 47.5 Å². The molecule has 1 N–H and O–H groups in total. The topological polar surface area (TPSA) is 42.8 Å². The van der Waals surface area contributed by atoms with Crippen molar-refractivity contribution < 1.29 is 9.47 Å². The zero-order valence-corrected chi connectivity index (χ0v) is 12.9. The van der Waals surface area contributed by atoms with Crippen LogP contribution in [0.25, 0.3) is 0 Å². The summed E-state index contributed by atoms with van der Waals surface area (Å²) < 4.78 is 11.3. The number of hydrogen-bond donors (Lipinski definition) is 1. The third-order valence-corrected chi connectivity index (χ3v) is 3.63. The van der Waals surface area contributed by atoms with Crippen LogP contribution in [0.2, 0.25) is 0 Å². The number of methoxy groups -OCH3 is 1. The molecule has 0 atom stereocenters. The lowest BCUT2D eigenvalue weighted by Gasteiger charge is -2.12. The van der Waals surface area contributed by atoms with Gasteiger partial charge in [-0.25, -0.2) is 0 Å². The van der Waals surface area contributed by atoms with Crippen molar-refractivity contribution in [3.8, 4) is 11.5 Å². The molecule has 1 aliphatic rings. The van der Waals surface area contributed by atoms with Crippen LogP contribution >= 0.6 is 0 Å². The average molecular weight is 296 g/mol. The summed E-state index contributed by atoms with van der Waals surface area (Å²) in [5, 5.41) is 3.26. The Labute approximate surface area is 130 Å². The predicted octanol–water partition coefficient (Wildman–Crippen LogP) is 2.93. The van der Waals surface area contributed by atoms with Gasteiger partial charge in [0, 0.05) is 12.1 Å². The smallest absolute Gasteiger partial charge is 0.161 e. The first-order valence-electron chi connectivity index (χ1n) is 7.41. The maximum atomic E-state index is 5.89. The second-order valence-corrected chi connectivity index (χ2v) is 5.30. The molecule has 0 bridgehead atoms. The lowest BCUT2D eigenvalue weighted by molar-refractivity contribution is 0.284. The number of aryl methyl sites for hydroxylation is 1. The fraction of sp³-hybridized carbons (Fsp3) is 0.278. The van der Waals surface area contributed by atoms with Crippen LogP contribution in [0.3, 0.4) is 0 Å². The van der Waals surface area contributed by atoms with Crippen LogP contribution in [0.1, 0.15) is 16.7 Å². The fourth-order valence-corrected chi connectivity index (χ4v) is 2.37. The number of aliphatic imine (C=N–C) groups is 1. The van der Waals surface area contributed by atoms with Crippen molar-refractivity contribution in [3.05, 3.63) is 59.2 Å². The first-order valence-corrected chi connectivity index (χ1v) is 7.41. The van der Waals surface area contributed by atoms with Crippen LogP contribution in [-0.2, 0) is 6.61 Å². The van der Waals surface area contributed by atoms with E-state index in [2.05, 4.69) is 41.5 Å². The summed E-state index contributed by atoms with van der Waals surface area (Å²) in [6.07, 6.45) is 0. The molecule has 2 aromatic carbocycles. The van der Waals surface area contributed by atoms with Gasteiger partial charge in [0.2, 0.25) is 0 Å². The van der Waals surface area contributed by atoms with Gasteiger partial charge in [-0.15, -0.1) is 0 Å². The summed E-state index contributed by atoms with van der Waals surface area (Å²) in [4.78, 5) is 4.42. The summed E-state index contributed by atoms with van der Waals surface area (Å²) in [6, 6.07) is 14.2. The van der Waals surface area contributed by atoms with Crippen molar-refractivity contribution >= 4 is 5.84 Å². The molecule has 22 heavy (non-hydrogen) atoms. The number of ether oxygens (including phenoxy) is 2. The molecule has 3 rings (SSSR count). The largest absolute Gasteiger partial charge is 0.493 e. The summed E-state index contributed by atoms with van der Waals surface area (Å²) in [6.45, 7) is 4.31. The molecule has 0 aliphatic carbocycles. The minimum atomic E-state index is 0.523. The summed E-state index contributed by atoms with van der Waals surface area (Å²) in [5.41, 5.74) is 3.41. The molecule has 0 spiro atoms. The molecular formula is C18H20N2O2. The molecule has 0 saturated heterocycles. The Balaban J connectivity index is 1.74. The molecule has 2 aromatic rings. The van der Waals surface area contributed by atoms with E-state index in [9.17, 15) is 0 Å². The van der Waals surface area contributed by atoms with Crippen LogP contribution in [0.4, 0.5) is 0 Å². The molecule has 0 amide bonds. The minimum Gasteiger partial charge on any atom is -0.493 e. The highest BCUT2D eigenvalue weighted by atomic mass is 16.5. The number of nitrogens with one attached hydrogen (secondary N) is 1. The van der Waals surface area contributed by atoms with Gasteiger partial charge in [-0.1, -0.05) is 29.8 Å². The fourth-order valence-electron chi connectivity index (χ4n) is 2.37. The van der Waals surface area contributed by atoms with E-state index in [0.717, 1.165) is 41.6 Å². The molecular weight excluding hydrogens is 276 g/mol. The zero-order valence-electron chi connectivity index (χ0n) is 12.9. The third-order valence-electron chi connectivity index (χ3n) is 3.63. The quantitative estimate of drug-likeness (QED) is 0.922. The second-order valence-electron chi connectivity index (χ2n) is 5.30. The average Bonchev–Trinajstić information content (AvgIpc) is 3.08. The van der Waals surface area contributed by atoms with Crippen molar-refractivity contribution in [1.82, 2.24) is 5.32 Å². The highest BCUT2D eigenvalue weighted by molar-refractivity contribution is 6.00. The Morgan fingerprint density at radius 3 is 2.59 bits per heavy atom. The molecule has 0 aromatic heterocycles. The second kappa shape index (κ2) is 6.52. The molecule has 0 saturated carbocycles. The molecule has 1 heterocycles. The van der Waals surface area contributed by atoms with Gasteiger partial charge < -0.3 is 14.8 Å². The number of rotatable bonds is 5. The Bertz CT molecular complexity index is 678. The van der Waals surface area contributed by atoms with Crippen LogP contribution in [0, 0.1) is 6.92 Å². The standard InChI is InChI=1S/C18H20N2O2/c1-13-3-5-14(6-4-13)12-22-16-8-7-15(11-17(16)21-2)18-19-9-10-20-18/h3-8,11H,9-10,12H2,1-2H3,(H,19,20). The normalized spacial score (nSPS) is 13.5. The van der Waals surface area contributed by atoms with Crippen molar-refractivity contribution in [1.29, 1.82) is 0 Å². The van der Waals surface area contributed by atoms with Crippen molar-refractivity contribution in [2.75, 3.05) is 20.2 Å². The van der Waals surface area contributed by atoms with E-state index < -0.39 is 0 Å².